The number of likely N-dealkylation sites (tertiary alicyclic amines) is 1. The second-order valence-corrected chi connectivity index (χ2v) is 13.5. The van der Waals surface area contributed by atoms with Crippen molar-refractivity contribution in [3.63, 3.8) is 0 Å². The average molecular weight is 569 g/mol. The van der Waals surface area contributed by atoms with Crippen LogP contribution in [0.1, 0.15) is 45.4 Å². The van der Waals surface area contributed by atoms with E-state index in [-0.39, 0.29) is 64.9 Å². The Bertz CT molecular complexity index is 918. The molecule has 0 spiro atoms. The van der Waals surface area contributed by atoms with Crippen LogP contribution in [0.15, 0.2) is 0 Å². The van der Waals surface area contributed by atoms with Gasteiger partial charge >= 0.3 is 0 Å². The minimum absolute atomic E-state index is 0.0128. The number of hydrogen-bond acceptors (Lipinski definition) is 8. The Balaban J connectivity index is 1.14. The van der Waals surface area contributed by atoms with E-state index in [0.29, 0.717) is 38.5 Å². The second-order valence-electron chi connectivity index (χ2n) is 12.1. The van der Waals surface area contributed by atoms with Crippen molar-refractivity contribution >= 4 is 23.6 Å². The van der Waals surface area contributed by atoms with Gasteiger partial charge in [0.2, 0.25) is 18.2 Å². The lowest BCUT2D eigenvalue weighted by molar-refractivity contribution is -0.134. The Morgan fingerprint density at radius 1 is 1.10 bits per heavy atom. The topological polar surface area (TPSA) is 119 Å². The molecule has 5 aliphatic rings. The Labute approximate surface area is 233 Å². The summed E-state index contributed by atoms with van der Waals surface area (Å²) in [6.45, 7) is 4.07. The zero-order valence-corrected chi connectivity index (χ0v) is 23.6. The summed E-state index contributed by atoms with van der Waals surface area (Å²) in [5, 5.41) is 23.0. The first-order valence-corrected chi connectivity index (χ1v) is 15.4. The van der Waals surface area contributed by atoms with Crippen LogP contribution in [0.25, 0.3) is 0 Å². The van der Waals surface area contributed by atoms with Crippen LogP contribution in [-0.2, 0) is 14.3 Å². The maximum absolute atomic E-state index is 13.6. The van der Waals surface area contributed by atoms with E-state index in [1.165, 1.54) is 0 Å². The molecule has 39 heavy (non-hydrogen) atoms. The molecule has 1 aliphatic carbocycles. The number of thioether (sulfide) groups is 1. The van der Waals surface area contributed by atoms with Crippen molar-refractivity contribution in [1.82, 2.24) is 26.2 Å². The third-order valence-corrected chi connectivity index (χ3v) is 11.0. The molecular weight excluding hydrogens is 526 g/mol. The summed E-state index contributed by atoms with van der Waals surface area (Å²) in [6.07, 6.45) is 1.88. The zero-order valence-electron chi connectivity index (χ0n) is 22.8. The maximum atomic E-state index is 13.6. The number of nitriles is 1. The first kappa shape index (κ1) is 29.0. The quantitative estimate of drug-likeness (QED) is 0.381. The number of rotatable bonds is 6. The predicted octanol–water partition coefficient (Wildman–Crippen LogP) is 1.50. The van der Waals surface area contributed by atoms with E-state index >= 15 is 0 Å². The summed E-state index contributed by atoms with van der Waals surface area (Å²) >= 11 is 1.65. The molecule has 0 radical (unpaired) electrons. The molecule has 218 valence electrons. The number of ether oxygens (including phenoxy) is 1. The van der Waals surface area contributed by atoms with Crippen LogP contribution < -0.4 is 21.3 Å². The number of hydrogen-bond donors (Lipinski definition) is 4. The molecule has 11 unspecified atom stereocenters. The molecule has 0 aromatic rings. The van der Waals surface area contributed by atoms with Crippen molar-refractivity contribution in [1.29, 1.82) is 5.26 Å². The molecule has 4 heterocycles. The van der Waals surface area contributed by atoms with E-state index in [1.807, 2.05) is 4.90 Å². The van der Waals surface area contributed by atoms with Gasteiger partial charge in [-0.3, -0.25) is 14.9 Å². The molecule has 1 saturated carbocycles. The smallest absolute Gasteiger partial charge is 0.242 e. The summed E-state index contributed by atoms with van der Waals surface area (Å²) < 4.78 is 31.7. The van der Waals surface area contributed by atoms with Crippen LogP contribution in [0.4, 0.5) is 8.78 Å². The van der Waals surface area contributed by atoms with Gasteiger partial charge in [-0.2, -0.15) is 5.26 Å². The number of alkyl halides is 2. The molecule has 5 fully saturated rings. The number of amides is 2. The molecule has 0 aromatic heterocycles. The lowest BCUT2D eigenvalue weighted by Crippen LogP contribution is -2.56. The number of carbonyl (C=O) groups is 2. The summed E-state index contributed by atoms with van der Waals surface area (Å²) in [5.74, 6) is -0.525. The highest BCUT2D eigenvalue weighted by molar-refractivity contribution is 8.00. The summed E-state index contributed by atoms with van der Waals surface area (Å²) in [5.41, 5.74) is -0.221. The molecule has 11 atom stereocenters. The van der Waals surface area contributed by atoms with Crippen LogP contribution in [0.3, 0.4) is 0 Å². The molecule has 4 N–H and O–H groups in total. The van der Waals surface area contributed by atoms with Gasteiger partial charge in [0.05, 0.1) is 24.1 Å². The number of halogens is 2. The van der Waals surface area contributed by atoms with E-state index in [4.69, 9.17) is 4.74 Å². The summed E-state index contributed by atoms with van der Waals surface area (Å²) in [6, 6.07) is 2.44. The van der Waals surface area contributed by atoms with Crippen LogP contribution in [-0.4, -0.2) is 91.4 Å². The Morgan fingerprint density at radius 3 is 2.59 bits per heavy atom. The molecule has 12 heteroatoms. The predicted molar refractivity (Wildman–Crippen MR) is 144 cm³/mol. The minimum atomic E-state index is -2.35. The van der Waals surface area contributed by atoms with Crippen molar-refractivity contribution in [2.24, 2.45) is 29.6 Å². The minimum Gasteiger partial charge on any atom is -0.381 e. The van der Waals surface area contributed by atoms with Gasteiger partial charge in [-0.05, 0) is 57.3 Å². The highest BCUT2D eigenvalue weighted by Gasteiger charge is 2.47. The van der Waals surface area contributed by atoms with Gasteiger partial charge in [0.15, 0.2) is 0 Å². The molecule has 0 bridgehead atoms. The summed E-state index contributed by atoms with van der Waals surface area (Å²) in [4.78, 5) is 28.4. The zero-order chi connectivity index (χ0) is 27.7. The van der Waals surface area contributed by atoms with Gasteiger partial charge in [0.25, 0.3) is 0 Å². The van der Waals surface area contributed by atoms with E-state index in [2.05, 4.69) is 34.3 Å². The van der Waals surface area contributed by atoms with Gasteiger partial charge < -0.3 is 25.6 Å². The first-order valence-electron chi connectivity index (χ1n) is 14.4. The normalized spacial score (nSPS) is 42.7. The second kappa shape index (κ2) is 12.6. The van der Waals surface area contributed by atoms with E-state index in [0.717, 1.165) is 25.7 Å². The number of carbonyl (C=O) groups excluding carboxylic acids is 2. The van der Waals surface area contributed by atoms with Crippen LogP contribution in [0, 0.1) is 40.9 Å². The van der Waals surface area contributed by atoms with Gasteiger partial charge in [-0.15, -0.1) is 11.8 Å². The largest absolute Gasteiger partial charge is 0.381 e. The van der Waals surface area contributed by atoms with Crippen molar-refractivity contribution in [3.05, 3.63) is 0 Å². The van der Waals surface area contributed by atoms with Gasteiger partial charge in [-0.1, -0.05) is 0 Å². The summed E-state index contributed by atoms with van der Waals surface area (Å²) in [7, 11) is 1.74. The number of fused-ring (bicyclic) bond motifs is 1. The molecule has 0 aromatic carbocycles. The molecular formula is C27H42F2N6O3S. The van der Waals surface area contributed by atoms with E-state index in [1.54, 1.807) is 18.9 Å². The number of nitrogens with one attached hydrogen (secondary N) is 4. The van der Waals surface area contributed by atoms with Gasteiger partial charge in [0, 0.05) is 62.5 Å². The highest BCUT2D eigenvalue weighted by Crippen LogP contribution is 2.42. The number of methoxy groups -OCH3 is 1. The number of piperidine rings is 2. The molecule has 4 aliphatic heterocycles. The van der Waals surface area contributed by atoms with E-state index in [9.17, 15) is 23.6 Å². The standard InChI is InChI=1S/C27H42F2N6O3S/c1-14-7-17(18-8-15(9-30)3-6-22(18)38-2)19(11-31-14)25(36)34-27-33-21-12-35(13-23(21)39-27)26(37)20-5-4-16(10-32-20)24(28)29/h14-24,27,31-33H,3-8,10-13H2,1-2H3,(H,34,36). The highest BCUT2D eigenvalue weighted by atomic mass is 32.2. The van der Waals surface area contributed by atoms with Crippen molar-refractivity contribution in [2.45, 2.75) is 86.9 Å². The van der Waals surface area contributed by atoms with Crippen LogP contribution in [0.2, 0.25) is 0 Å². The lowest BCUT2D eigenvalue weighted by atomic mass is 9.66. The third kappa shape index (κ3) is 6.38. The van der Waals surface area contributed by atoms with Crippen LogP contribution in [0.5, 0.6) is 0 Å². The van der Waals surface area contributed by atoms with Crippen LogP contribution >= 0.6 is 11.8 Å². The van der Waals surface area contributed by atoms with Crippen molar-refractivity contribution < 1.29 is 23.1 Å². The number of nitrogens with zero attached hydrogens (tertiary/aromatic N) is 2. The fourth-order valence-corrected chi connectivity index (χ4v) is 8.84. The molecule has 9 nitrogen and oxygen atoms in total. The van der Waals surface area contributed by atoms with Crippen molar-refractivity contribution in [3.8, 4) is 6.07 Å². The Kier molecular flexibility index (Phi) is 9.33. The SMILES string of the molecule is COC1CCC(C#N)CC1C1CC(C)NCC1C(=O)NC1NC2CN(C(=O)C3CCC(C(F)F)CN3)CC2S1. The Hall–Kier alpha value is -1.52. The van der Waals surface area contributed by atoms with Gasteiger partial charge in [-0.25, -0.2) is 8.78 Å². The lowest BCUT2D eigenvalue weighted by Gasteiger charge is -2.44. The van der Waals surface area contributed by atoms with Crippen molar-refractivity contribution in [2.75, 3.05) is 33.3 Å². The fourth-order valence-electron chi connectivity index (χ4n) is 7.43. The molecule has 2 amide bonds. The molecule has 5 rings (SSSR count). The third-order valence-electron chi connectivity index (χ3n) is 9.67. The molecule has 4 saturated heterocycles. The fraction of sp³-hybridized carbons (Fsp3) is 0.889. The Morgan fingerprint density at radius 2 is 1.92 bits per heavy atom. The van der Waals surface area contributed by atoms with E-state index < -0.39 is 18.4 Å². The average Bonchev–Trinajstić information content (AvgIpc) is 3.51. The monoisotopic (exact) mass is 568 g/mol. The first-order chi connectivity index (χ1) is 18.8. The van der Waals surface area contributed by atoms with Gasteiger partial charge in [0.1, 0.15) is 5.50 Å². The maximum Gasteiger partial charge on any atom is 0.242 e.